The number of hydrogen-bond acceptors (Lipinski definition) is 4. The van der Waals surface area contributed by atoms with E-state index < -0.39 is 0 Å². The lowest BCUT2D eigenvalue weighted by molar-refractivity contribution is 0.0922. The number of amides is 1. The molecule has 94 valence electrons. The molecule has 1 aromatic carbocycles. The summed E-state index contributed by atoms with van der Waals surface area (Å²) in [6.45, 7) is 2.60. The molecule has 1 heterocycles. The SMILES string of the molecule is Cc1ncoc1C(=O)NCc1ccccc1CN. The molecule has 0 aliphatic carbocycles. The molecule has 0 spiro atoms. The second kappa shape index (κ2) is 5.46. The maximum absolute atomic E-state index is 11.8. The summed E-state index contributed by atoms with van der Waals surface area (Å²) in [6, 6.07) is 7.73. The number of carbonyl (C=O) groups excluding carboxylic acids is 1. The molecule has 0 saturated carbocycles. The number of hydrogen-bond donors (Lipinski definition) is 2. The monoisotopic (exact) mass is 245 g/mol. The van der Waals surface area contributed by atoms with Crippen LogP contribution >= 0.6 is 0 Å². The Kier molecular flexibility index (Phi) is 3.74. The van der Waals surface area contributed by atoms with E-state index in [-0.39, 0.29) is 11.7 Å². The van der Waals surface area contributed by atoms with Crippen LogP contribution in [0.1, 0.15) is 27.4 Å². The van der Waals surface area contributed by atoms with Crippen LogP contribution < -0.4 is 11.1 Å². The number of aromatic nitrogens is 1. The Morgan fingerprint density at radius 3 is 2.72 bits per heavy atom. The van der Waals surface area contributed by atoms with Crippen molar-refractivity contribution in [3.63, 3.8) is 0 Å². The van der Waals surface area contributed by atoms with E-state index in [4.69, 9.17) is 10.2 Å². The van der Waals surface area contributed by atoms with Crippen LogP contribution in [0.15, 0.2) is 35.1 Å². The highest BCUT2D eigenvalue weighted by Gasteiger charge is 2.13. The van der Waals surface area contributed by atoms with E-state index in [2.05, 4.69) is 10.3 Å². The lowest BCUT2D eigenvalue weighted by Gasteiger charge is -2.08. The molecule has 18 heavy (non-hydrogen) atoms. The Hall–Kier alpha value is -2.14. The highest BCUT2D eigenvalue weighted by atomic mass is 16.3. The molecule has 0 unspecified atom stereocenters. The van der Waals surface area contributed by atoms with Gasteiger partial charge in [-0.25, -0.2) is 4.98 Å². The maximum Gasteiger partial charge on any atom is 0.289 e. The van der Waals surface area contributed by atoms with Gasteiger partial charge in [0, 0.05) is 13.1 Å². The lowest BCUT2D eigenvalue weighted by atomic mass is 10.1. The molecule has 0 radical (unpaired) electrons. The first-order valence-corrected chi connectivity index (χ1v) is 5.67. The van der Waals surface area contributed by atoms with Gasteiger partial charge in [-0.3, -0.25) is 4.79 Å². The summed E-state index contributed by atoms with van der Waals surface area (Å²) in [6.07, 6.45) is 1.26. The molecule has 1 aromatic heterocycles. The molecule has 0 aliphatic rings. The van der Waals surface area contributed by atoms with Crippen molar-refractivity contribution in [1.82, 2.24) is 10.3 Å². The highest BCUT2D eigenvalue weighted by molar-refractivity contribution is 5.92. The predicted octanol–water partition coefficient (Wildman–Crippen LogP) is 1.37. The van der Waals surface area contributed by atoms with Crippen LogP contribution in [0.4, 0.5) is 0 Å². The minimum Gasteiger partial charge on any atom is -0.438 e. The molecule has 0 bridgehead atoms. The second-order valence-corrected chi connectivity index (χ2v) is 3.92. The van der Waals surface area contributed by atoms with Crippen molar-refractivity contribution in [3.05, 3.63) is 53.2 Å². The number of nitrogens with two attached hydrogens (primary N) is 1. The van der Waals surface area contributed by atoms with Crippen LogP contribution in [-0.4, -0.2) is 10.9 Å². The van der Waals surface area contributed by atoms with E-state index in [1.165, 1.54) is 6.39 Å². The van der Waals surface area contributed by atoms with Crippen molar-refractivity contribution in [1.29, 1.82) is 0 Å². The van der Waals surface area contributed by atoms with Gasteiger partial charge in [0.15, 0.2) is 6.39 Å². The van der Waals surface area contributed by atoms with Gasteiger partial charge in [0.2, 0.25) is 5.76 Å². The average Bonchev–Trinajstić information content (AvgIpc) is 2.82. The zero-order valence-electron chi connectivity index (χ0n) is 10.1. The van der Waals surface area contributed by atoms with Gasteiger partial charge in [0.25, 0.3) is 5.91 Å². The van der Waals surface area contributed by atoms with Gasteiger partial charge in [-0.2, -0.15) is 0 Å². The average molecular weight is 245 g/mol. The first-order valence-electron chi connectivity index (χ1n) is 5.67. The first-order chi connectivity index (χ1) is 8.72. The summed E-state index contributed by atoms with van der Waals surface area (Å²) in [5.41, 5.74) is 8.24. The molecule has 2 aromatic rings. The molecule has 0 saturated heterocycles. The summed E-state index contributed by atoms with van der Waals surface area (Å²) >= 11 is 0. The van der Waals surface area contributed by atoms with Crippen molar-refractivity contribution in [2.75, 3.05) is 0 Å². The molecule has 3 N–H and O–H groups in total. The van der Waals surface area contributed by atoms with Gasteiger partial charge in [0.05, 0.1) is 5.69 Å². The zero-order chi connectivity index (χ0) is 13.0. The summed E-state index contributed by atoms with van der Waals surface area (Å²) in [5.74, 6) is -0.0166. The van der Waals surface area contributed by atoms with Crippen molar-refractivity contribution < 1.29 is 9.21 Å². The molecule has 0 aliphatic heterocycles. The smallest absolute Gasteiger partial charge is 0.289 e. The highest BCUT2D eigenvalue weighted by Crippen LogP contribution is 2.09. The molecule has 5 nitrogen and oxygen atoms in total. The Morgan fingerprint density at radius 2 is 2.11 bits per heavy atom. The van der Waals surface area contributed by atoms with E-state index in [1.807, 2.05) is 24.3 Å². The topological polar surface area (TPSA) is 81.2 Å². The zero-order valence-corrected chi connectivity index (χ0v) is 10.1. The van der Waals surface area contributed by atoms with Gasteiger partial charge in [-0.15, -0.1) is 0 Å². The van der Waals surface area contributed by atoms with Gasteiger partial charge >= 0.3 is 0 Å². The number of carbonyl (C=O) groups is 1. The van der Waals surface area contributed by atoms with Crippen molar-refractivity contribution in [3.8, 4) is 0 Å². The fraction of sp³-hybridized carbons (Fsp3) is 0.231. The normalized spacial score (nSPS) is 10.3. The number of rotatable bonds is 4. The minimum atomic E-state index is -0.267. The maximum atomic E-state index is 11.8. The van der Waals surface area contributed by atoms with Gasteiger partial charge < -0.3 is 15.5 Å². The fourth-order valence-electron chi connectivity index (χ4n) is 1.70. The Labute approximate surface area is 105 Å². The summed E-state index contributed by atoms with van der Waals surface area (Å²) in [5, 5.41) is 2.79. The molecular formula is C13H15N3O2. The van der Waals surface area contributed by atoms with Gasteiger partial charge in [-0.1, -0.05) is 24.3 Å². The van der Waals surface area contributed by atoms with Crippen molar-refractivity contribution >= 4 is 5.91 Å². The second-order valence-electron chi connectivity index (χ2n) is 3.92. The molecule has 1 amide bonds. The standard InChI is InChI=1S/C13H15N3O2/c1-9-12(18-8-16-9)13(17)15-7-11-5-3-2-4-10(11)6-14/h2-5,8H,6-7,14H2,1H3,(H,15,17). The quantitative estimate of drug-likeness (QED) is 0.852. The van der Waals surface area contributed by atoms with Crippen molar-refractivity contribution in [2.24, 2.45) is 5.73 Å². The molecule has 0 atom stereocenters. The van der Waals surface area contributed by atoms with E-state index in [1.54, 1.807) is 6.92 Å². The van der Waals surface area contributed by atoms with Crippen LogP contribution in [-0.2, 0) is 13.1 Å². The molecule has 5 heteroatoms. The number of nitrogens with zero attached hydrogens (tertiary/aromatic N) is 1. The van der Waals surface area contributed by atoms with E-state index >= 15 is 0 Å². The summed E-state index contributed by atoms with van der Waals surface area (Å²) in [7, 11) is 0. The van der Waals surface area contributed by atoms with Gasteiger partial charge in [0.1, 0.15) is 0 Å². The molecule has 2 rings (SSSR count). The Morgan fingerprint density at radius 1 is 1.39 bits per heavy atom. The minimum absolute atomic E-state index is 0.250. The van der Waals surface area contributed by atoms with Crippen LogP contribution in [0.5, 0.6) is 0 Å². The van der Waals surface area contributed by atoms with Crippen LogP contribution in [0.25, 0.3) is 0 Å². The third kappa shape index (κ3) is 2.57. The first kappa shape index (κ1) is 12.3. The molecular weight excluding hydrogens is 230 g/mol. The van der Waals surface area contributed by atoms with Crippen LogP contribution in [0, 0.1) is 6.92 Å². The largest absolute Gasteiger partial charge is 0.438 e. The van der Waals surface area contributed by atoms with Crippen LogP contribution in [0.2, 0.25) is 0 Å². The van der Waals surface area contributed by atoms with Crippen molar-refractivity contribution in [2.45, 2.75) is 20.0 Å². The van der Waals surface area contributed by atoms with E-state index in [9.17, 15) is 4.79 Å². The van der Waals surface area contributed by atoms with Crippen LogP contribution in [0.3, 0.4) is 0 Å². The van der Waals surface area contributed by atoms with E-state index in [0.717, 1.165) is 11.1 Å². The number of oxazole rings is 1. The number of nitrogens with one attached hydrogen (secondary N) is 1. The van der Waals surface area contributed by atoms with Gasteiger partial charge in [-0.05, 0) is 18.1 Å². The third-order valence-corrected chi connectivity index (χ3v) is 2.73. The summed E-state index contributed by atoms with van der Waals surface area (Å²) < 4.78 is 5.02. The number of benzene rings is 1. The fourth-order valence-corrected chi connectivity index (χ4v) is 1.70. The lowest BCUT2D eigenvalue weighted by Crippen LogP contribution is -2.24. The summed E-state index contributed by atoms with van der Waals surface area (Å²) in [4.78, 5) is 15.7. The van der Waals surface area contributed by atoms with E-state index in [0.29, 0.717) is 18.8 Å². The third-order valence-electron chi connectivity index (χ3n) is 2.73. The predicted molar refractivity (Wildman–Crippen MR) is 66.7 cm³/mol. The molecule has 0 fully saturated rings. The number of aryl methyl sites for hydroxylation is 1. The Balaban J connectivity index is 2.04. The Bertz CT molecular complexity index is 549.